The fourth-order valence-electron chi connectivity index (χ4n) is 1.54. The quantitative estimate of drug-likeness (QED) is 0.799. The van der Waals surface area contributed by atoms with Crippen molar-refractivity contribution in [3.8, 4) is 0 Å². The van der Waals surface area contributed by atoms with Crippen molar-refractivity contribution in [1.82, 2.24) is 15.1 Å². The van der Waals surface area contributed by atoms with Gasteiger partial charge in [0, 0.05) is 6.20 Å². The van der Waals surface area contributed by atoms with Crippen molar-refractivity contribution in [3.05, 3.63) is 16.0 Å². The molecule has 16 heavy (non-hydrogen) atoms. The average Bonchev–Trinajstić information content (AvgIpc) is 2.64. The summed E-state index contributed by atoms with van der Waals surface area (Å²) in [6, 6.07) is 0.0389. The minimum atomic E-state index is -0.920. The van der Waals surface area contributed by atoms with Gasteiger partial charge in [-0.2, -0.15) is 5.10 Å². The van der Waals surface area contributed by atoms with Gasteiger partial charge in [-0.15, -0.1) is 0 Å². The second-order valence-corrected chi connectivity index (χ2v) is 5.32. The van der Waals surface area contributed by atoms with Crippen molar-refractivity contribution in [2.75, 3.05) is 7.05 Å². The Bertz CT molecular complexity index is 380. The van der Waals surface area contributed by atoms with E-state index in [0.29, 0.717) is 6.42 Å². The summed E-state index contributed by atoms with van der Waals surface area (Å²) >= 11 is 2.18. The largest absolute Gasteiger partial charge is 0.480 e. The molecule has 0 aromatic carbocycles. The zero-order valence-electron chi connectivity index (χ0n) is 9.57. The molecule has 1 aromatic rings. The van der Waals surface area contributed by atoms with E-state index in [2.05, 4.69) is 33.0 Å². The Morgan fingerprint density at radius 1 is 1.81 bits per heavy atom. The summed E-state index contributed by atoms with van der Waals surface area (Å²) in [6.07, 6.45) is 4.15. The zero-order chi connectivity index (χ0) is 12.3. The van der Waals surface area contributed by atoms with Crippen molar-refractivity contribution in [1.29, 1.82) is 0 Å². The first kappa shape index (κ1) is 13.4. The highest BCUT2D eigenvalue weighted by atomic mass is 127. The van der Waals surface area contributed by atoms with Crippen LogP contribution in [0.5, 0.6) is 0 Å². The molecule has 0 saturated heterocycles. The molecule has 0 aliphatic carbocycles. The van der Waals surface area contributed by atoms with Crippen LogP contribution in [0.15, 0.2) is 12.4 Å². The van der Waals surface area contributed by atoms with Gasteiger partial charge in [-0.3, -0.25) is 9.48 Å². The summed E-state index contributed by atoms with van der Waals surface area (Å²) in [6.45, 7) is 3.64. The highest BCUT2D eigenvalue weighted by Crippen LogP contribution is 2.21. The maximum Gasteiger partial charge on any atom is 0.323 e. The van der Waals surface area contributed by atoms with Gasteiger partial charge < -0.3 is 10.4 Å². The highest BCUT2D eigenvalue weighted by Gasteiger charge is 2.33. The molecule has 0 aliphatic rings. The molecule has 2 N–H and O–H groups in total. The van der Waals surface area contributed by atoms with Crippen LogP contribution >= 0.6 is 22.6 Å². The maximum atomic E-state index is 11.1. The smallest absolute Gasteiger partial charge is 0.323 e. The summed E-state index contributed by atoms with van der Waals surface area (Å²) in [5.74, 6) is -0.844. The van der Waals surface area contributed by atoms with Crippen molar-refractivity contribution >= 4 is 28.6 Å². The molecule has 1 aromatic heterocycles. The van der Waals surface area contributed by atoms with E-state index >= 15 is 0 Å². The molecular formula is C10H16IN3O2. The molecule has 0 amide bonds. The number of carboxylic acid groups (broad SMARTS) is 1. The van der Waals surface area contributed by atoms with Gasteiger partial charge >= 0.3 is 5.97 Å². The van der Waals surface area contributed by atoms with Crippen molar-refractivity contribution in [2.24, 2.45) is 0 Å². The number of aliphatic carboxylic acids is 1. The summed E-state index contributed by atoms with van der Waals surface area (Å²) < 4.78 is 2.84. The predicted molar refractivity (Wildman–Crippen MR) is 69.4 cm³/mol. The molecule has 0 saturated carbocycles. The summed E-state index contributed by atoms with van der Waals surface area (Å²) in [5.41, 5.74) is -0.920. The van der Waals surface area contributed by atoms with Crippen LogP contribution in [0, 0.1) is 3.57 Å². The summed E-state index contributed by atoms with van der Waals surface area (Å²) in [7, 11) is 1.66. The third-order valence-electron chi connectivity index (χ3n) is 2.75. The van der Waals surface area contributed by atoms with Crippen LogP contribution < -0.4 is 5.32 Å². The molecule has 1 rings (SSSR count). The Kier molecular flexibility index (Phi) is 4.31. The van der Waals surface area contributed by atoms with Gasteiger partial charge in [0.15, 0.2) is 0 Å². The Morgan fingerprint density at radius 2 is 2.44 bits per heavy atom. The number of hydrogen-bond donors (Lipinski definition) is 2. The molecule has 0 fully saturated rings. The lowest BCUT2D eigenvalue weighted by Gasteiger charge is -2.27. The van der Waals surface area contributed by atoms with E-state index in [1.807, 2.05) is 13.1 Å². The fraction of sp³-hybridized carbons (Fsp3) is 0.600. The van der Waals surface area contributed by atoms with Crippen LogP contribution in [0.1, 0.15) is 26.3 Å². The second-order valence-electron chi connectivity index (χ2n) is 4.08. The molecule has 90 valence electrons. The number of nitrogens with zero attached hydrogens (tertiary/aromatic N) is 2. The van der Waals surface area contributed by atoms with E-state index in [4.69, 9.17) is 5.11 Å². The Labute approximate surface area is 108 Å². The first-order chi connectivity index (χ1) is 7.39. The molecule has 1 heterocycles. The van der Waals surface area contributed by atoms with E-state index < -0.39 is 11.5 Å². The third kappa shape index (κ3) is 2.94. The van der Waals surface area contributed by atoms with Crippen molar-refractivity contribution in [2.45, 2.75) is 31.8 Å². The first-order valence-corrected chi connectivity index (χ1v) is 6.09. The number of rotatable bonds is 5. The monoisotopic (exact) mass is 337 g/mol. The van der Waals surface area contributed by atoms with E-state index in [-0.39, 0.29) is 6.04 Å². The predicted octanol–water partition coefficient (Wildman–Crippen LogP) is 1.50. The molecule has 5 nitrogen and oxygen atoms in total. The molecule has 2 unspecified atom stereocenters. The Balaban J connectivity index is 2.77. The molecule has 6 heteroatoms. The zero-order valence-corrected chi connectivity index (χ0v) is 11.7. The number of carboxylic acids is 1. The van der Waals surface area contributed by atoms with Gasteiger partial charge in [0.2, 0.25) is 0 Å². The van der Waals surface area contributed by atoms with Crippen LogP contribution in [0.4, 0.5) is 0 Å². The summed E-state index contributed by atoms with van der Waals surface area (Å²) in [5, 5.41) is 16.2. The molecule has 0 aliphatic heterocycles. The average molecular weight is 337 g/mol. The van der Waals surface area contributed by atoms with Crippen LogP contribution in [0.25, 0.3) is 0 Å². The van der Waals surface area contributed by atoms with Gasteiger partial charge in [-0.25, -0.2) is 0 Å². The van der Waals surface area contributed by atoms with Crippen LogP contribution in [-0.4, -0.2) is 33.4 Å². The number of nitrogens with one attached hydrogen (secondary N) is 1. The van der Waals surface area contributed by atoms with Crippen molar-refractivity contribution in [3.63, 3.8) is 0 Å². The van der Waals surface area contributed by atoms with E-state index in [1.54, 1.807) is 24.9 Å². The molecule has 2 atom stereocenters. The molecule has 0 spiro atoms. The SMILES string of the molecule is CNC(C)(CC(C)n1cc(I)cn1)C(=O)O. The third-order valence-corrected chi connectivity index (χ3v) is 3.31. The second kappa shape index (κ2) is 5.13. The fourth-order valence-corrected chi connectivity index (χ4v) is 1.95. The van der Waals surface area contributed by atoms with E-state index in [0.717, 1.165) is 3.57 Å². The number of halogens is 1. The van der Waals surface area contributed by atoms with Crippen LogP contribution in [0.3, 0.4) is 0 Å². The lowest BCUT2D eigenvalue weighted by Crippen LogP contribution is -2.48. The first-order valence-electron chi connectivity index (χ1n) is 5.01. The Morgan fingerprint density at radius 3 is 2.81 bits per heavy atom. The van der Waals surface area contributed by atoms with Gasteiger partial charge in [0.05, 0.1) is 15.8 Å². The molecular weight excluding hydrogens is 321 g/mol. The Hall–Kier alpha value is -0.630. The van der Waals surface area contributed by atoms with Gasteiger partial charge in [-0.1, -0.05) is 0 Å². The minimum Gasteiger partial charge on any atom is -0.480 e. The highest BCUT2D eigenvalue weighted by molar-refractivity contribution is 14.1. The van der Waals surface area contributed by atoms with E-state index in [1.165, 1.54) is 0 Å². The van der Waals surface area contributed by atoms with E-state index in [9.17, 15) is 4.79 Å². The standard InChI is InChI=1S/C10H16IN3O2/c1-7(14-6-8(11)5-13-14)4-10(2,12-3)9(15)16/h5-7,12H,4H2,1-3H3,(H,15,16). The van der Waals surface area contributed by atoms with Crippen LogP contribution in [-0.2, 0) is 4.79 Å². The van der Waals surface area contributed by atoms with Crippen molar-refractivity contribution < 1.29 is 9.90 Å². The van der Waals surface area contributed by atoms with Gasteiger partial charge in [0.1, 0.15) is 5.54 Å². The summed E-state index contributed by atoms with van der Waals surface area (Å²) in [4.78, 5) is 11.1. The number of aromatic nitrogens is 2. The van der Waals surface area contributed by atoms with Gasteiger partial charge in [0.25, 0.3) is 0 Å². The minimum absolute atomic E-state index is 0.0389. The van der Waals surface area contributed by atoms with Crippen LogP contribution in [0.2, 0.25) is 0 Å². The number of hydrogen-bond acceptors (Lipinski definition) is 3. The molecule has 0 radical (unpaired) electrons. The topological polar surface area (TPSA) is 67.2 Å². The number of carbonyl (C=O) groups is 1. The lowest BCUT2D eigenvalue weighted by atomic mass is 9.94. The number of likely N-dealkylation sites (N-methyl/N-ethyl adjacent to an activating group) is 1. The lowest BCUT2D eigenvalue weighted by molar-refractivity contribution is -0.144. The normalized spacial score (nSPS) is 16.8. The molecule has 0 bridgehead atoms. The van der Waals surface area contributed by atoms with Gasteiger partial charge in [-0.05, 0) is 49.9 Å². The maximum absolute atomic E-state index is 11.1.